The lowest BCUT2D eigenvalue weighted by atomic mass is 10.1. The van der Waals surface area contributed by atoms with Gasteiger partial charge < -0.3 is 9.80 Å². The molecule has 1 fully saturated rings. The molecule has 0 unspecified atom stereocenters. The third-order valence-electron chi connectivity index (χ3n) is 6.33. The smallest absolute Gasteiger partial charge is 0.264 e. The fourth-order valence-corrected chi connectivity index (χ4v) is 5.42. The number of hydrogen-bond acceptors (Lipinski definition) is 4. The number of carbonyl (C=O) groups is 1. The summed E-state index contributed by atoms with van der Waals surface area (Å²) in [6, 6.07) is 14.9. The Morgan fingerprint density at radius 2 is 1.78 bits per heavy atom. The number of halogens is 1. The number of aromatic nitrogens is 2. The van der Waals surface area contributed by atoms with Gasteiger partial charge in [0.2, 0.25) is 0 Å². The summed E-state index contributed by atoms with van der Waals surface area (Å²) in [4.78, 5) is 19.1. The van der Waals surface area contributed by atoms with Crippen LogP contribution < -0.4 is 4.90 Å². The number of nitrogens with zero attached hydrogens (tertiary/aromatic N) is 4. The molecule has 1 amide bonds. The van der Waals surface area contributed by atoms with Crippen LogP contribution in [0.5, 0.6) is 0 Å². The zero-order valence-electron chi connectivity index (χ0n) is 18.4. The van der Waals surface area contributed by atoms with E-state index in [0.717, 1.165) is 23.3 Å². The fourth-order valence-electron chi connectivity index (χ4n) is 4.38. The Kier molecular flexibility index (Phi) is 5.21. The number of rotatable bonds is 3. The standard InChI is InChI=1S/C25H25FN4OS/c1-16-7-6-10-21(17(16)2)29-11-13-30(14-12-29)24(31)22-15-19-23(27-28(3)25(19)32-22)18-8-4-5-9-20(18)26/h4-10,15H,11-14H2,1-3H3. The Bertz CT molecular complexity index is 1320. The first-order valence-corrected chi connectivity index (χ1v) is 11.6. The minimum absolute atomic E-state index is 0.0336. The van der Waals surface area contributed by atoms with Gasteiger partial charge in [-0.1, -0.05) is 24.3 Å². The second-order valence-corrected chi connectivity index (χ2v) is 9.31. The van der Waals surface area contributed by atoms with Gasteiger partial charge in [0.25, 0.3) is 5.91 Å². The van der Waals surface area contributed by atoms with E-state index in [1.165, 1.54) is 34.2 Å². The molecule has 1 saturated heterocycles. The average Bonchev–Trinajstić information content (AvgIpc) is 3.36. The molecule has 32 heavy (non-hydrogen) atoms. The minimum atomic E-state index is -0.311. The van der Waals surface area contributed by atoms with Gasteiger partial charge in [-0.3, -0.25) is 9.48 Å². The Morgan fingerprint density at radius 3 is 2.53 bits per heavy atom. The summed E-state index contributed by atoms with van der Waals surface area (Å²) in [7, 11) is 1.83. The lowest BCUT2D eigenvalue weighted by molar-refractivity contribution is 0.0751. The molecule has 1 aliphatic rings. The molecule has 0 N–H and O–H groups in total. The van der Waals surface area contributed by atoms with Crippen LogP contribution in [0.2, 0.25) is 0 Å². The molecule has 0 bridgehead atoms. The highest BCUT2D eigenvalue weighted by Crippen LogP contribution is 2.35. The number of hydrogen-bond donors (Lipinski definition) is 0. The van der Waals surface area contributed by atoms with E-state index in [9.17, 15) is 9.18 Å². The van der Waals surface area contributed by atoms with Crippen molar-refractivity contribution in [3.05, 3.63) is 70.4 Å². The molecule has 7 heteroatoms. The van der Waals surface area contributed by atoms with Crippen molar-refractivity contribution < 1.29 is 9.18 Å². The first-order valence-electron chi connectivity index (χ1n) is 10.8. The zero-order valence-corrected chi connectivity index (χ0v) is 19.2. The number of aryl methyl sites for hydroxylation is 2. The number of amides is 1. The number of piperazine rings is 1. The van der Waals surface area contributed by atoms with Gasteiger partial charge >= 0.3 is 0 Å². The van der Waals surface area contributed by atoms with Crippen LogP contribution in [0, 0.1) is 19.7 Å². The van der Waals surface area contributed by atoms with Crippen LogP contribution >= 0.6 is 11.3 Å². The largest absolute Gasteiger partial charge is 0.368 e. The highest BCUT2D eigenvalue weighted by molar-refractivity contribution is 7.20. The summed E-state index contributed by atoms with van der Waals surface area (Å²) in [5.41, 5.74) is 4.86. The summed E-state index contributed by atoms with van der Waals surface area (Å²) < 4.78 is 16.1. The highest BCUT2D eigenvalue weighted by Gasteiger charge is 2.26. The normalized spacial score (nSPS) is 14.4. The topological polar surface area (TPSA) is 41.4 Å². The number of fused-ring (bicyclic) bond motifs is 1. The van der Waals surface area contributed by atoms with E-state index in [2.05, 4.69) is 42.0 Å². The summed E-state index contributed by atoms with van der Waals surface area (Å²) in [5.74, 6) is -0.277. The van der Waals surface area contributed by atoms with E-state index in [-0.39, 0.29) is 11.7 Å². The summed E-state index contributed by atoms with van der Waals surface area (Å²) in [5, 5.41) is 5.33. The van der Waals surface area contributed by atoms with Crippen molar-refractivity contribution in [3.8, 4) is 11.3 Å². The molecular weight excluding hydrogens is 423 g/mol. The second kappa shape index (κ2) is 8.06. The monoisotopic (exact) mass is 448 g/mol. The third-order valence-corrected chi connectivity index (χ3v) is 7.52. The molecule has 0 atom stereocenters. The lowest BCUT2D eigenvalue weighted by Gasteiger charge is -2.36. The van der Waals surface area contributed by atoms with Gasteiger partial charge in [0.15, 0.2) is 0 Å². The van der Waals surface area contributed by atoms with Crippen LogP contribution in [0.4, 0.5) is 10.1 Å². The van der Waals surface area contributed by atoms with Crippen molar-refractivity contribution in [2.75, 3.05) is 31.1 Å². The molecule has 0 radical (unpaired) electrons. The lowest BCUT2D eigenvalue weighted by Crippen LogP contribution is -2.48. The molecule has 0 saturated carbocycles. The van der Waals surface area contributed by atoms with Gasteiger partial charge in [0.05, 0.1) is 4.88 Å². The maximum atomic E-state index is 14.4. The second-order valence-electron chi connectivity index (χ2n) is 8.28. The van der Waals surface area contributed by atoms with Crippen molar-refractivity contribution in [1.82, 2.24) is 14.7 Å². The number of benzene rings is 2. The number of carbonyl (C=O) groups excluding carboxylic acids is 1. The van der Waals surface area contributed by atoms with E-state index in [1.807, 2.05) is 18.0 Å². The SMILES string of the molecule is Cc1cccc(N2CCN(C(=O)c3cc4c(-c5ccccc5F)nn(C)c4s3)CC2)c1C. The van der Waals surface area contributed by atoms with Gasteiger partial charge in [-0.15, -0.1) is 11.3 Å². The molecule has 164 valence electrons. The Morgan fingerprint density at radius 1 is 1.03 bits per heavy atom. The van der Waals surface area contributed by atoms with Crippen LogP contribution in [0.15, 0.2) is 48.5 Å². The van der Waals surface area contributed by atoms with Crippen molar-refractivity contribution in [2.45, 2.75) is 13.8 Å². The molecule has 3 heterocycles. The van der Waals surface area contributed by atoms with Gasteiger partial charge in [0.1, 0.15) is 16.3 Å². The molecule has 0 aliphatic carbocycles. The van der Waals surface area contributed by atoms with Crippen molar-refractivity contribution >= 4 is 33.1 Å². The Labute approximate surface area is 190 Å². The average molecular weight is 449 g/mol. The predicted octanol–water partition coefficient (Wildman–Crippen LogP) is 5.02. The van der Waals surface area contributed by atoms with Crippen molar-refractivity contribution in [2.24, 2.45) is 7.05 Å². The van der Waals surface area contributed by atoms with Crippen LogP contribution in [0.3, 0.4) is 0 Å². The quantitative estimate of drug-likeness (QED) is 0.442. The molecule has 4 aromatic rings. The van der Waals surface area contributed by atoms with E-state index in [0.29, 0.717) is 29.2 Å². The third kappa shape index (κ3) is 3.46. The van der Waals surface area contributed by atoms with Gasteiger partial charge in [0, 0.05) is 49.9 Å². The molecule has 5 nitrogen and oxygen atoms in total. The number of thiophene rings is 1. The van der Waals surface area contributed by atoms with Crippen LogP contribution in [0.1, 0.15) is 20.8 Å². The zero-order chi connectivity index (χ0) is 22.4. The molecule has 5 rings (SSSR count). The first kappa shape index (κ1) is 20.7. The van der Waals surface area contributed by atoms with Crippen LogP contribution in [-0.4, -0.2) is 46.8 Å². The number of anilines is 1. The summed E-state index contributed by atoms with van der Waals surface area (Å²) in [6.45, 7) is 7.26. The molecule has 2 aromatic heterocycles. The molecule has 0 spiro atoms. The fraction of sp³-hybridized carbons (Fsp3) is 0.280. The Balaban J connectivity index is 1.37. The van der Waals surface area contributed by atoms with E-state index in [4.69, 9.17) is 0 Å². The minimum Gasteiger partial charge on any atom is -0.368 e. The maximum Gasteiger partial charge on any atom is 0.264 e. The summed E-state index contributed by atoms with van der Waals surface area (Å²) in [6.07, 6.45) is 0. The summed E-state index contributed by atoms with van der Waals surface area (Å²) >= 11 is 1.42. The first-order chi connectivity index (χ1) is 15.4. The van der Waals surface area contributed by atoms with E-state index in [1.54, 1.807) is 22.9 Å². The van der Waals surface area contributed by atoms with Gasteiger partial charge in [-0.2, -0.15) is 5.10 Å². The van der Waals surface area contributed by atoms with Crippen molar-refractivity contribution in [3.63, 3.8) is 0 Å². The molecule has 1 aliphatic heterocycles. The molecule has 2 aromatic carbocycles. The van der Waals surface area contributed by atoms with E-state index >= 15 is 0 Å². The Hall–Kier alpha value is -3.19. The highest BCUT2D eigenvalue weighted by atomic mass is 32.1. The molecular formula is C25H25FN4OS. The maximum absolute atomic E-state index is 14.4. The van der Waals surface area contributed by atoms with Crippen LogP contribution in [0.25, 0.3) is 21.5 Å². The van der Waals surface area contributed by atoms with E-state index < -0.39 is 0 Å². The predicted molar refractivity (Wildman–Crippen MR) is 128 cm³/mol. The van der Waals surface area contributed by atoms with Crippen LogP contribution in [-0.2, 0) is 7.05 Å². The van der Waals surface area contributed by atoms with Crippen molar-refractivity contribution in [1.29, 1.82) is 0 Å². The van der Waals surface area contributed by atoms with Gasteiger partial charge in [-0.25, -0.2) is 4.39 Å². The van der Waals surface area contributed by atoms with Gasteiger partial charge in [-0.05, 0) is 49.2 Å².